The molecule has 0 aromatic rings. The Kier molecular flexibility index (Phi) is 41.2. The van der Waals surface area contributed by atoms with Crippen LogP contribution >= 0.6 is 0 Å². The van der Waals surface area contributed by atoms with Gasteiger partial charge in [0.15, 0.2) is 0 Å². The van der Waals surface area contributed by atoms with Gasteiger partial charge in [0.05, 0.1) is 33.8 Å². The van der Waals surface area contributed by atoms with Crippen molar-refractivity contribution in [2.75, 3.05) is 33.8 Å². The summed E-state index contributed by atoms with van der Waals surface area (Å²) < 4.78 is 12.5. The Morgan fingerprint density at radius 2 is 0.780 bits per heavy atom. The lowest BCUT2D eigenvalue weighted by Crippen LogP contribution is -3.00. The number of unbranched alkanes of at least 4 members (excludes halogenated alkanes) is 24. The Bertz CT molecular complexity index is 700. The molecule has 300 valence electrons. The van der Waals surface area contributed by atoms with E-state index in [-0.39, 0.29) is 42.0 Å². The maximum Gasteiger partial charge on any atom is 0.306 e. The van der Waals surface area contributed by atoms with E-state index in [1.165, 1.54) is 167 Å². The van der Waals surface area contributed by atoms with Gasteiger partial charge < -0.3 is 37.9 Å². The molecule has 0 aromatic heterocycles. The highest BCUT2D eigenvalue weighted by molar-refractivity contribution is 5.69. The van der Waals surface area contributed by atoms with Crippen molar-refractivity contribution in [2.45, 2.75) is 239 Å². The lowest BCUT2D eigenvalue weighted by atomic mass is 10.0. The van der Waals surface area contributed by atoms with Gasteiger partial charge in [0.2, 0.25) is 0 Å². The monoisotopic (exact) mass is 822 g/mol. The van der Waals surface area contributed by atoms with Crippen molar-refractivity contribution in [1.29, 1.82) is 0 Å². The van der Waals surface area contributed by atoms with Crippen molar-refractivity contribution in [3.05, 3.63) is 0 Å². The van der Waals surface area contributed by atoms with E-state index in [0.717, 1.165) is 49.4 Å². The van der Waals surface area contributed by atoms with E-state index in [9.17, 15) is 9.59 Å². The van der Waals surface area contributed by atoms with Crippen LogP contribution in [-0.4, -0.2) is 56.3 Å². The molecule has 0 radical (unpaired) electrons. The Labute approximate surface area is 330 Å². The van der Waals surface area contributed by atoms with Crippen LogP contribution in [0.2, 0.25) is 0 Å². The van der Waals surface area contributed by atoms with Crippen molar-refractivity contribution in [1.82, 2.24) is 0 Å². The van der Waals surface area contributed by atoms with Gasteiger partial charge in [0.25, 0.3) is 0 Å². The number of halogens is 1. The van der Waals surface area contributed by atoms with Crippen LogP contribution in [0.4, 0.5) is 0 Å². The fourth-order valence-corrected chi connectivity index (χ4v) is 6.92. The van der Waals surface area contributed by atoms with Crippen molar-refractivity contribution >= 4 is 11.9 Å². The fourth-order valence-electron chi connectivity index (χ4n) is 6.92. The van der Waals surface area contributed by atoms with Gasteiger partial charge in [-0.1, -0.05) is 149 Å². The zero-order valence-electron chi connectivity index (χ0n) is 34.5. The minimum absolute atomic E-state index is 0. The van der Waals surface area contributed by atoms with Gasteiger partial charge in [-0.15, -0.1) is 0 Å². The van der Waals surface area contributed by atoms with Gasteiger partial charge in [-0.2, -0.15) is 0 Å². The Morgan fingerprint density at radius 3 is 1.22 bits per heavy atom. The zero-order chi connectivity index (χ0) is 36.1. The van der Waals surface area contributed by atoms with Crippen LogP contribution in [0.5, 0.6) is 0 Å². The first-order valence-corrected chi connectivity index (χ1v) is 22.0. The van der Waals surface area contributed by atoms with E-state index >= 15 is 0 Å². The highest BCUT2D eigenvalue weighted by Gasteiger charge is 2.16. The molecule has 0 aromatic carbocycles. The van der Waals surface area contributed by atoms with E-state index in [0.29, 0.717) is 19.4 Å². The molecule has 0 unspecified atom stereocenters. The molecule has 0 rings (SSSR count). The summed E-state index contributed by atoms with van der Waals surface area (Å²) in [6.45, 7) is 9.84. The van der Waals surface area contributed by atoms with Gasteiger partial charge in [-0.25, -0.2) is 0 Å². The third-order valence-electron chi connectivity index (χ3n) is 10.4. The van der Waals surface area contributed by atoms with Crippen LogP contribution in [-0.2, 0) is 19.1 Å². The summed E-state index contributed by atoms with van der Waals surface area (Å²) in [5.41, 5.74) is 0. The van der Waals surface area contributed by atoms with Crippen molar-refractivity contribution in [2.24, 2.45) is 0 Å². The average Bonchev–Trinajstić information content (AvgIpc) is 3.07. The second-order valence-corrected chi connectivity index (χ2v) is 16.0. The van der Waals surface area contributed by atoms with Crippen LogP contribution in [0.3, 0.4) is 0 Å². The summed E-state index contributed by atoms with van der Waals surface area (Å²) in [5.74, 6) is 0.0356. The number of ether oxygens (including phenoxy) is 2. The molecule has 0 amide bonds. The number of carbonyl (C=O) groups is 2. The molecule has 0 fully saturated rings. The Morgan fingerprint density at radius 1 is 0.440 bits per heavy atom. The number of quaternary nitrogens is 1. The second kappa shape index (κ2) is 39.8. The molecule has 0 atom stereocenters. The molecule has 0 N–H and O–H groups in total. The van der Waals surface area contributed by atoms with Crippen LogP contribution in [0.1, 0.15) is 233 Å². The van der Waals surface area contributed by atoms with Crippen molar-refractivity contribution < 1.29 is 47.5 Å². The first-order chi connectivity index (χ1) is 23.8. The largest absolute Gasteiger partial charge is 1.00 e. The molecule has 0 saturated carbocycles. The van der Waals surface area contributed by atoms with Gasteiger partial charge in [0.1, 0.15) is 6.10 Å². The lowest BCUT2D eigenvalue weighted by molar-refractivity contribution is -0.890. The Balaban J connectivity index is 0. The smallest absolute Gasteiger partial charge is 0.306 e. The average molecular weight is 822 g/mol. The third kappa shape index (κ3) is 38.9. The predicted octanol–water partition coefficient (Wildman–Crippen LogP) is 10.5. The molecule has 0 spiro atoms. The van der Waals surface area contributed by atoms with Crippen LogP contribution in [0.25, 0.3) is 0 Å². The molecular weight excluding hydrogens is 733 g/mol. The van der Waals surface area contributed by atoms with Gasteiger partial charge >= 0.3 is 11.9 Å². The maximum absolute atomic E-state index is 12.7. The zero-order valence-corrected chi connectivity index (χ0v) is 36.6. The van der Waals surface area contributed by atoms with Crippen molar-refractivity contribution in [3.63, 3.8) is 0 Å². The maximum atomic E-state index is 12.7. The SMILES string of the molecule is CCCCCCCCCOC(=O)CCCCCCC[N+](C)(C)CCCCCCCC(=O)OC(CCCCCCCC)CCCCCCCC.[I-]. The summed E-state index contributed by atoms with van der Waals surface area (Å²) in [7, 11) is 4.73. The fraction of sp³-hybridized carbons (Fsp3) is 0.955. The predicted molar refractivity (Wildman–Crippen MR) is 212 cm³/mol. The highest BCUT2D eigenvalue weighted by atomic mass is 127. The first-order valence-electron chi connectivity index (χ1n) is 22.0. The van der Waals surface area contributed by atoms with E-state index in [1.807, 2.05) is 0 Å². The van der Waals surface area contributed by atoms with Gasteiger partial charge in [-0.3, -0.25) is 9.59 Å². The molecule has 0 saturated heterocycles. The van der Waals surface area contributed by atoms with Crippen LogP contribution in [0.15, 0.2) is 0 Å². The lowest BCUT2D eigenvalue weighted by Gasteiger charge is -2.30. The summed E-state index contributed by atoms with van der Waals surface area (Å²) >= 11 is 0. The molecule has 0 aliphatic carbocycles. The number of carbonyl (C=O) groups excluding carboxylic acids is 2. The molecule has 50 heavy (non-hydrogen) atoms. The number of hydrogen-bond acceptors (Lipinski definition) is 4. The second-order valence-electron chi connectivity index (χ2n) is 16.0. The normalized spacial score (nSPS) is 11.6. The minimum Gasteiger partial charge on any atom is -1.00 e. The molecule has 0 bridgehead atoms. The first kappa shape index (κ1) is 51.7. The van der Waals surface area contributed by atoms with E-state index < -0.39 is 0 Å². The third-order valence-corrected chi connectivity index (χ3v) is 10.4. The standard InChI is InChI=1S/C44H88NO4.HI/c1-6-9-12-15-18-27-34-41-48-43(46)37-30-23-19-25-32-39-45(4,5)40-33-26-20-24-31-38-44(47)49-42(35-28-21-16-13-10-7-2)36-29-22-17-14-11-8-3;/h42H,6-41H2,1-5H3;1H/q+1;/p-1. The topological polar surface area (TPSA) is 52.6 Å². The molecule has 6 heteroatoms. The van der Waals surface area contributed by atoms with Crippen LogP contribution in [0, 0.1) is 0 Å². The molecule has 5 nitrogen and oxygen atoms in total. The highest BCUT2D eigenvalue weighted by Crippen LogP contribution is 2.19. The summed E-state index contributed by atoms with van der Waals surface area (Å²) in [6.07, 6.45) is 39.4. The van der Waals surface area contributed by atoms with Gasteiger partial charge in [0, 0.05) is 12.8 Å². The molecular formula is C44H88INO4. The van der Waals surface area contributed by atoms with Crippen LogP contribution < -0.4 is 24.0 Å². The number of esters is 2. The number of nitrogens with zero attached hydrogens (tertiary/aromatic N) is 1. The number of rotatable bonds is 39. The summed E-state index contributed by atoms with van der Waals surface area (Å²) in [5, 5.41) is 0. The summed E-state index contributed by atoms with van der Waals surface area (Å²) in [6, 6.07) is 0. The molecule has 0 aliphatic rings. The Hall–Kier alpha value is -0.370. The van der Waals surface area contributed by atoms with Gasteiger partial charge in [-0.05, 0) is 70.6 Å². The molecule has 0 heterocycles. The quantitative estimate of drug-likeness (QED) is 0.0268. The van der Waals surface area contributed by atoms with E-state index in [2.05, 4.69) is 34.9 Å². The number of hydrogen-bond donors (Lipinski definition) is 0. The van der Waals surface area contributed by atoms with E-state index in [1.54, 1.807) is 0 Å². The van der Waals surface area contributed by atoms with Crippen molar-refractivity contribution in [3.8, 4) is 0 Å². The summed E-state index contributed by atoms with van der Waals surface area (Å²) in [4.78, 5) is 24.6. The minimum atomic E-state index is -0.00467. The molecule has 0 aliphatic heterocycles. The van der Waals surface area contributed by atoms with E-state index in [4.69, 9.17) is 9.47 Å².